The molecule has 1 aromatic heterocycles. The highest BCUT2D eigenvalue weighted by Crippen LogP contribution is 2.26. The Balaban J connectivity index is 2.15. The Morgan fingerprint density at radius 1 is 1.32 bits per heavy atom. The van der Waals surface area contributed by atoms with E-state index in [1.54, 1.807) is 37.6 Å². The van der Waals surface area contributed by atoms with Crippen molar-refractivity contribution < 1.29 is 9.59 Å². The lowest BCUT2D eigenvalue weighted by Gasteiger charge is -2.09. The van der Waals surface area contributed by atoms with Gasteiger partial charge in [-0.1, -0.05) is 18.5 Å². The molecular formula is C14H15ClN4O2S. The fraction of sp³-hybridized carbons (Fsp3) is 0.214. The number of amides is 2. The molecule has 22 heavy (non-hydrogen) atoms. The molecule has 1 heterocycles. The lowest BCUT2D eigenvalue weighted by Crippen LogP contribution is -2.14. The van der Waals surface area contributed by atoms with Gasteiger partial charge in [0.2, 0.25) is 5.91 Å². The Hall–Kier alpha value is -2.12. The summed E-state index contributed by atoms with van der Waals surface area (Å²) in [6.45, 7) is 1.76. The fourth-order valence-electron chi connectivity index (χ4n) is 1.63. The van der Waals surface area contributed by atoms with E-state index in [1.807, 2.05) is 0 Å². The van der Waals surface area contributed by atoms with Gasteiger partial charge in [0, 0.05) is 24.5 Å². The monoisotopic (exact) mass is 338 g/mol. The average molecular weight is 339 g/mol. The van der Waals surface area contributed by atoms with Gasteiger partial charge in [-0.15, -0.1) is 11.3 Å². The molecule has 0 fully saturated rings. The molecule has 8 heteroatoms. The third-order valence-corrected chi connectivity index (χ3v) is 3.96. The van der Waals surface area contributed by atoms with E-state index in [1.165, 1.54) is 11.3 Å². The van der Waals surface area contributed by atoms with Gasteiger partial charge in [-0.2, -0.15) is 0 Å². The maximum Gasteiger partial charge on any atom is 0.275 e. The third-order valence-electron chi connectivity index (χ3n) is 2.77. The molecule has 0 bridgehead atoms. The molecular weight excluding hydrogens is 324 g/mol. The number of hydrogen-bond acceptors (Lipinski definition) is 5. The molecule has 0 aliphatic rings. The van der Waals surface area contributed by atoms with Crippen LogP contribution in [0.3, 0.4) is 0 Å². The molecule has 0 saturated carbocycles. The number of carbonyl (C=O) groups is 2. The van der Waals surface area contributed by atoms with Crippen LogP contribution in [0, 0.1) is 0 Å². The Morgan fingerprint density at radius 3 is 2.73 bits per heavy atom. The SMILES string of the molecule is CCC(=O)Nc1ccc(Cl)c(NC(=O)c2csc(NC)n2)c1. The van der Waals surface area contributed by atoms with E-state index >= 15 is 0 Å². The summed E-state index contributed by atoms with van der Waals surface area (Å²) in [6.07, 6.45) is 0.371. The van der Waals surface area contributed by atoms with Gasteiger partial charge >= 0.3 is 0 Å². The maximum absolute atomic E-state index is 12.1. The van der Waals surface area contributed by atoms with Gasteiger partial charge in [0.15, 0.2) is 5.13 Å². The zero-order valence-corrected chi connectivity index (χ0v) is 13.6. The zero-order valence-electron chi connectivity index (χ0n) is 12.1. The molecule has 0 saturated heterocycles. The highest BCUT2D eigenvalue weighted by Gasteiger charge is 2.13. The van der Waals surface area contributed by atoms with Crippen LogP contribution >= 0.6 is 22.9 Å². The highest BCUT2D eigenvalue weighted by molar-refractivity contribution is 7.13. The lowest BCUT2D eigenvalue weighted by atomic mass is 10.2. The Kier molecular flexibility index (Phi) is 5.35. The quantitative estimate of drug-likeness (QED) is 0.779. The molecule has 0 unspecified atom stereocenters. The fourth-order valence-corrected chi connectivity index (χ4v) is 2.44. The van der Waals surface area contributed by atoms with Crippen molar-refractivity contribution in [3.63, 3.8) is 0 Å². The van der Waals surface area contributed by atoms with Gasteiger partial charge in [-0.25, -0.2) is 4.98 Å². The van der Waals surface area contributed by atoms with Gasteiger partial charge < -0.3 is 16.0 Å². The molecule has 6 nitrogen and oxygen atoms in total. The summed E-state index contributed by atoms with van der Waals surface area (Å²) in [6, 6.07) is 4.90. The van der Waals surface area contributed by atoms with Gasteiger partial charge in [0.1, 0.15) is 5.69 Å². The Bertz CT molecular complexity index is 702. The van der Waals surface area contributed by atoms with Crippen LogP contribution in [0.1, 0.15) is 23.8 Å². The first-order valence-corrected chi connectivity index (χ1v) is 7.83. The number of nitrogens with zero attached hydrogens (tertiary/aromatic N) is 1. The molecule has 2 aromatic rings. The van der Waals surface area contributed by atoms with E-state index < -0.39 is 0 Å². The van der Waals surface area contributed by atoms with E-state index in [0.717, 1.165) is 0 Å². The topological polar surface area (TPSA) is 83.1 Å². The number of nitrogens with one attached hydrogen (secondary N) is 3. The Morgan fingerprint density at radius 2 is 2.09 bits per heavy atom. The molecule has 0 atom stereocenters. The molecule has 1 aromatic carbocycles. The van der Waals surface area contributed by atoms with Crippen LogP contribution in [0.4, 0.5) is 16.5 Å². The normalized spacial score (nSPS) is 10.1. The molecule has 0 aliphatic heterocycles. The van der Waals surface area contributed by atoms with Crippen LogP contribution in [0.5, 0.6) is 0 Å². The van der Waals surface area contributed by atoms with Crippen molar-refractivity contribution in [2.75, 3.05) is 23.0 Å². The average Bonchev–Trinajstić information content (AvgIpc) is 2.99. The third kappa shape index (κ3) is 3.96. The Labute approximate surface area is 136 Å². The summed E-state index contributed by atoms with van der Waals surface area (Å²) in [4.78, 5) is 27.7. The molecule has 2 amide bonds. The van der Waals surface area contributed by atoms with Crippen molar-refractivity contribution in [3.05, 3.63) is 34.3 Å². The van der Waals surface area contributed by atoms with Crippen LogP contribution in [-0.2, 0) is 4.79 Å². The smallest absolute Gasteiger partial charge is 0.275 e. The predicted octanol–water partition coefficient (Wildman–Crippen LogP) is 3.44. The van der Waals surface area contributed by atoms with Gasteiger partial charge in [0.25, 0.3) is 5.91 Å². The molecule has 2 rings (SSSR count). The van der Waals surface area contributed by atoms with Gasteiger partial charge in [-0.3, -0.25) is 9.59 Å². The molecule has 116 valence electrons. The summed E-state index contributed by atoms with van der Waals surface area (Å²) < 4.78 is 0. The predicted molar refractivity (Wildman–Crippen MR) is 90.0 cm³/mol. The van der Waals surface area contributed by atoms with Crippen LogP contribution in [-0.4, -0.2) is 23.8 Å². The van der Waals surface area contributed by atoms with Crippen molar-refractivity contribution in [3.8, 4) is 0 Å². The number of carbonyl (C=O) groups excluding carboxylic acids is 2. The van der Waals surface area contributed by atoms with Crippen LogP contribution in [0.2, 0.25) is 5.02 Å². The number of hydrogen-bond donors (Lipinski definition) is 3. The summed E-state index contributed by atoms with van der Waals surface area (Å²) >= 11 is 7.41. The van der Waals surface area contributed by atoms with Crippen molar-refractivity contribution in [1.29, 1.82) is 0 Å². The van der Waals surface area contributed by atoms with E-state index in [4.69, 9.17) is 11.6 Å². The van der Waals surface area contributed by atoms with E-state index in [-0.39, 0.29) is 11.8 Å². The van der Waals surface area contributed by atoms with E-state index in [2.05, 4.69) is 20.9 Å². The standard InChI is InChI=1S/C14H15ClN4O2S/c1-3-12(20)17-8-4-5-9(15)10(6-8)18-13(21)11-7-22-14(16-2)19-11/h4-7H,3H2,1-2H3,(H,16,19)(H,17,20)(H,18,21). The minimum absolute atomic E-state index is 0.113. The van der Waals surface area contributed by atoms with Crippen LogP contribution in [0.25, 0.3) is 0 Å². The molecule has 3 N–H and O–H groups in total. The first-order valence-electron chi connectivity index (χ1n) is 6.57. The van der Waals surface area contributed by atoms with Gasteiger partial charge in [-0.05, 0) is 18.2 Å². The number of thiazole rings is 1. The minimum Gasteiger partial charge on any atom is -0.365 e. The zero-order chi connectivity index (χ0) is 16.1. The highest BCUT2D eigenvalue weighted by atomic mass is 35.5. The lowest BCUT2D eigenvalue weighted by molar-refractivity contribution is -0.115. The van der Waals surface area contributed by atoms with Crippen molar-refractivity contribution >= 4 is 51.3 Å². The molecule has 0 radical (unpaired) electrons. The van der Waals surface area contributed by atoms with Crippen LogP contribution < -0.4 is 16.0 Å². The first kappa shape index (κ1) is 16.3. The van der Waals surface area contributed by atoms with Crippen molar-refractivity contribution in [2.24, 2.45) is 0 Å². The second kappa shape index (κ2) is 7.24. The second-order valence-electron chi connectivity index (χ2n) is 4.34. The van der Waals surface area contributed by atoms with Crippen molar-refractivity contribution in [1.82, 2.24) is 4.98 Å². The summed E-state index contributed by atoms with van der Waals surface area (Å²) in [5, 5.41) is 11.0. The van der Waals surface area contributed by atoms with E-state index in [9.17, 15) is 9.59 Å². The summed E-state index contributed by atoms with van der Waals surface area (Å²) in [5.74, 6) is -0.476. The molecule has 0 aliphatic carbocycles. The number of aromatic nitrogens is 1. The van der Waals surface area contributed by atoms with Gasteiger partial charge in [0.05, 0.1) is 10.7 Å². The maximum atomic E-state index is 12.1. The number of rotatable bonds is 5. The van der Waals surface area contributed by atoms with Crippen LogP contribution in [0.15, 0.2) is 23.6 Å². The number of anilines is 3. The second-order valence-corrected chi connectivity index (χ2v) is 5.60. The number of benzene rings is 1. The minimum atomic E-state index is -0.362. The summed E-state index contributed by atoms with van der Waals surface area (Å²) in [5.41, 5.74) is 1.29. The first-order chi connectivity index (χ1) is 10.5. The summed E-state index contributed by atoms with van der Waals surface area (Å²) in [7, 11) is 1.73. The largest absolute Gasteiger partial charge is 0.365 e. The van der Waals surface area contributed by atoms with E-state index in [0.29, 0.717) is 33.6 Å². The molecule has 0 spiro atoms. The number of halogens is 1. The van der Waals surface area contributed by atoms with Crippen molar-refractivity contribution in [2.45, 2.75) is 13.3 Å².